The molecule has 138 valence electrons. The molecule has 0 spiro atoms. The van der Waals surface area contributed by atoms with E-state index in [0.29, 0.717) is 31.6 Å². The second-order valence-electron chi connectivity index (χ2n) is 6.84. The van der Waals surface area contributed by atoms with Crippen LogP contribution in [-0.2, 0) is 9.53 Å². The van der Waals surface area contributed by atoms with Crippen LogP contribution in [0.25, 0.3) is 5.69 Å². The number of para-hydroxylation sites is 1. The van der Waals surface area contributed by atoms with Gasteiger partial charge in [0.15, 0.2) is 0 Å². The van der Waals surface area contributed by atoms with Gasteiger partial charge in [0, 0.05) is 36.8 Å². The van der Waals surface area contributed by atoms with Crippen molar-refractivity contribution in [1.29, 1.82) is 0 Å². The highest BCUT2D eigenvalue weighted by molar-refractivity contribution is 5.96. The van der Waals surface area contributed by atoms with Crippen LogP contribution >= 0.6 is 0 Å². The first-order valence-electron chi connectivity index (χ1n) is 8.78. The first-order valence-corrected chi connectivity index (χ1v) is 8.78. The number of carboxylic acid groups (broad SMARTS) is 1. The summed E-state index contributed by atoms with van der Waals surface area (Å²) < 4.78 is 7.30. The summed E-state index contributed by atoms with van der Waals surface area (Å²) in [5.41, 5.74) is 2.41. The van der Waals surface area contributed by atoms with E-state index >= 15 is 0 Å². The molecule has 1 aromatic carbocycles. The van der Waals surface area contributed by atoms with Gasteiger partial charge in [-0.25, -0.2) is 0 Å². The number of aryl methyl sites for hydroxylation is 1. The predicted octanol–water partition coefficient (Wildman–Crippen LogP) is 2.71. The number of carbonyl (C=O) groups is 2. The second-order valence-corrected chi connectivity index (χ2v) is 6.84. The van der Waals surface area contributed by atoms with Crippen molar-refractivity contribution in [2.24, 2.45) is 5.41 Å². The second kappa shape index (κ2) is 7.33. The highest BCUT2D eigenvalue weighted by Gasteiger charge is 2.40. The highest BCUT2D eigenvalue weighted by atomic mass is 16.5. The van der Waals surface area contributed by atoms with Gasteiger partial charge in [0.2, 0.25) is 0 Å². The third-order valence-electron chi connectivity index (χ3n) is 5.18. The normalized spacial score (nSPS) is 16.2. The average Bonchev–Trinajstić information content (AvgIpc) is 2.95. The molecule has 1 aromatic heterocycles. The van der Waals surface area contributed by atoms with E-state index in [4.69, 9.17) is 4.74 Å². The summed E-state index contributed by atoms with van der Waals surface area (Å²) in [5.74, 6) is -1.12. The number of nitrogens with zero attached hydrogens (tertiary/aromatic N) is 1. The van der Waals surface area contributed by atoms with Crippen LogP contribution in [0.15, 0.2) is 36.4 Å². The van der Waals surface area contributed by atoms with Crippen LogP contribution in [0.5, 0.6) is 0 Å². The van der Waals surface area contributed by atoms with E-state index in [9.17, 15) is 14.7 Å². The van der Waals surface area contributed by atoms with Crippen LogP contribution in [0.4, 0.5) is 0 Å². The minimum atomic E-state index is -0.946. The predicted molar refractivity (Wildman–Crippen MR) is 97.7 cm³/mol. The lowest BCUT2D eigenvalue weighted by molar-refractivity contribution is -0.154. The Morgan fingerprint density at radius 3 is 2.46 bits per heavy atom. The topological polar surface area (TPSA) is 80.6 Å². The Balaban J connectivity index is 1.79. The van der Waals surface area contributed by atoms with Gasteiger partial charge in [0.05, 0.1) is 11.0 Å². The van der Waals surface area contributed by atoms with Crippen LogP contribution in [0.1, 0.15) is 34.6 Å². The summed E-state index contributed by atoms with van der Waals surface area (Å²) in [7, 11) is 0. The first kappa shape index (κ1) is 18.2. The molecule has 0 unspecified atom stereocenters. The minimum absolute atomic E-state index is 0.111. The lowest BCUT2D eigenvalue weighted by Gasteiger charge is -2.33. The van der Waals surface area contributed by atoms with Gasteiger partial charge in [0.25, 0.3) is 5.91 Å². The maximum absolute atomic E-state index is 12.7. The van der Waals surface area contributed by atoms with Crippen molar-refractivity contribution >= 4 is 11.9 Å². The van der Waals surface area contributed by atoms with Crippen LogP contribution in [0.3, 0.4) is 0 Å². The molecule has 1 saturated heterocycles. The molecular formula is C20H24N2O4. The molecule has 3 rings (SSSR count). The SMILES string of the molecule is Cc1cc(C(=O)NCC2(C(=O)O)CCOCC2)c(C)n1-c1ccccc1. The molecule has 1 aliphatic rings. The summed E-state index contributed by atoms with van der Waals surface area (Å²) >= 11 is 0. The maximum atomic E-state index is 12.7. The fourth-order valence-electron chi connectivity index (χ4n) is 3.54. The van der Waals surface area contributed by atoms with E-state index < -0.39 is 11.4 Å². The fourth-order valence-corrected chi connectivity index (χ4v) is 3.54. The minimum Gasteiger partial charge on any atom is -0.481 e. The van der Waals surface area contributed by atoms with Gasteiger partial charge < -0.3 is 19.7 Å². The largest absolute Gasteiger partial charge is 0.481 e. The molecule has 1 amide bonds. The Bertz CT molecular complexity index is 805. The van der Waals surface area contributed by atoms with E-state index in [-0.39, 0.29) is 12.5 Å². The number of nitrogens with one attached hydrogen (secondary N) is 1. The molecule has 6 heteroatoms. The van der Waals surface area contributed by atoms with Gasteiger partial charge in [-0.15, -0.1) is 0 Å². The molecule has 1 aliphatic heterocycles. The molecule has 2 heterocycles. The number of amides is 1. The van der Waals surface area contributed by atoms with Gasteiger partial charge >= 0.3 is 5.97 Å². The molecular weight excluding hydrogens is 332 g/mol. The number of hydrogen-bond acceptors (Lipinski definition) is 3. The van der Waals surface area contributed by atoms with Crippen LogP contribution < -0.4 is 5.32 Å². The molecule has 26 heavy (non-hydrogen) atoms. The third kappa shape index (κ3) is 3.37. The van der Waals surface area contributed by atoms with Gasteiger partial charge in [-0.1, -0.05) is 18.2 Å². The third-order valence-corrected chi connectivity index (χ3v) is 5.18. The van der Waals surface area contributed by atoms with Crippen LogP contribution in [0.2, 0.25) is 0 Å². The number of rotatable bonds is 5. The standard InChI is InChI=1S/C20H24N2O4/c1-14-12-17(15(2)22(14)16-6-4-3-5-7-16)18(23)21-13-20(19(24)25)8-10-26-11-9-20/h3-7,12H,8-11,13H2,1-2H3,(H,21,23)(H,24,25). The van der Waals surface area contributed by atoms with Crippen molar-refractivity contribution in [3.05, 3.63) is 53.3 Å². The Kier molecular flexibility index (Phi) is 5.13. The lowest BCUT2D eigenvalue weighted by Crippen LogP contribution is -2.46. The van der Waals surface area contributed by atoms with E-state index in [2.05, 4.69) is 5.32 Å². The number of carboxylic acids is 1. The Morgan fingerprint density at radius 1 is 1.19 bits per heavy atom. The summed E-state index contributed by atoms with van der Waals surface area (Å²) in [5, 5.41) is 12.4. The van der Waals surface area contributed by atoms with Crippen LogP contribution in [0, 0.1) is 19.3 Å². The summed E-state index contributed by atoms with van der Waals surface area (Å²) in [6.45, 7) is 4.78. The number of ether oxygens (including phenoxy) is 1. The summed E-state index contributed by atoms with van der Waals surface area (Å²) in [4.78, 5) is 24.4. The van der Waals surface area contributed by atoms with Crippen LogP contribution in [-0.4, -0.2) is 41.3 Å². The molecule has 0 aliphatic carbocycles. The number of benzene rings is 1. The van der Waals surface area contributed by atoms with Crippen molar-refractivity contribution < 1.29 is 19.4 Å². The molecule has 2 aromatic rings. The number of aliphatic carboxylic acids is 1. The lowest BCUT2D eigenvalue weighted by atomic mass is 9.80. The smallest absolute Gasteiger partial charge is 0.311 e. The van der Waals surface area contributed by atoms with Crippen molar-refractivity contribution in [1.82, 2.24) is 9.88 Å². The molecule has 1 fully saturated rings. The van der Waals surface area contributed by atoms with E-state index in [1.807, 2.05) is 54.8 Å². The van der Waals surface area contributed by atoms with E-state index in [0.717, 1.165) is 17.1 Å². The Hall–Kier alpha value is -2.60. The zero-order valence-electron chi connectivity index (χ0n) is 15.1. The monoisotopic (exact) mass is 356 g/mol. The van der Waals surface area contributed by atoms with E-state index in [1.165, 1.54) is 0 Å². The zero-order chi connectivity index (χ0) is 18.7. The highest BCUT2D eigenvalue weighted by Crippen LogP contribution is 2.30. The van der Waals surface area contributed by atoms with Gasteiger partial charge in [0.1, 0.15) is 0 Å². The van der Waals surface area contributed by atoms with Crippen molar-refractivity contribution in [3.8, 4) is 5.69 Å². The quantitative estimate of drug-likeness (QED) is 0.863. The summed E-state index contributed by atoms with van der Waals surface area (Å²) in [6, 6.07) is 11.7. The zero-order valence-corrected chi connectivity index (χ0v) is 15.1. The van der Waals surface area contributed by atoms with Crippen molar-refractivity contribution in [3.63, 3.8) is 0 Å². The Labute approximate surface area is 152 Å². The molecule has 2 N–H and O–H groups in total. The van der Waals surface area contributed by atoms with E-state index in [1.54, 1.807) is 0 Å². The molecule has 0 saturated carbocycles. The number of hydrogen-bond donors (Lipinski definition) is 2. The number of aromatic nitrogens is 1. The molecule has 6 nitrogen and oxygen atoms in total. The Morgan fingerprint density at radius 2 is 1.85 bits per heavy atom. The molecule has 0 radical (unpaired) electrons. The first-order chi connectivity index (χ1) is 12.4. The molecule has 0 bridgehead atoms. The molecule has 0 atom stereocenters. The van der Waals surface area contributed by atoms with Crippen molar-refractivity contribution in [2.45, 2.75) is 26.7 Å². The number of carbonyl (C=O) groups excluding carboxylic acids is 1. The maximum Gasteiger partial charge on any atom is 0.311 e. The fraction of sp³-hybridized carbons (Fsp3) is 0.400. The van der Waals surface area contributed by atoms with Gasteiger partial charge in [-0.05, 0) is 44.9 Å². The average molecular weight is 356 g/mol. The van der Waals surface area contributed by atoms with Gasteiger partial charge in [-0.2, -0.15) is 0 Å². The summed E-state index contributed by atoms with van der Waals surface area (Å²) in [6.07, 6.45) is 0.817. The van der Waals surface area contributed by atoms with Gasteiger partial charge in [-0.3, -0.25) is 9.59 Å². The van der Waals surface area contributed by atoms with Crippen molar-refractivity contribution in [2.75, 3.05) is 19.8 Å².